The van der Waals surface area contributed by atoms with E-state index in [1.807, 2.05) is 6.07 Å². The zero-order chi connectivity index (χ0) is 18.6. The Kier molecular flexibility index (Phi) is 5.64. The number of piperidine rings is 1. The Morgan fingerprint density at radius 3 is 2.04 bits per heavy atom. The Balaban J connectivity index is 1.71. The molecule has 0 aromatic heterocycles. The van der Waals surface area contributed by atoms with E-state index in [1.54, 1.807) is 24.3 Å². The number of hydrogen-bond donors (Lipinski definition) is 1. The minimum absolute atomic E-state index is 0.137. The summed E-state index contributed by atoms with van der Waals surface area (Å²) < 4.78 is 53.7. The topological polar surface area (TPSA) is 83.5 Å². The minimum atomic E-state index is -3.57. The first-order valence-corrected chi connectivity index (χ1v) is 11.6. The fourth-order valence-electron chi connectivity index (χ4n) is 2.96. The van der Waals surface area contributed by atoms with E-state index < -0.39 is 20.0 Å². The second-order valence-corrected chi connectivity index (χ2v) is 10.00. The number of hydrogen-bond acceptors (Lipinski definition) is 4. The van der Waals surface area contributed by atoms with Crippen molar-refractivity contribution in [2.45, 2.75) is 29.9 Å². The van der Waals surface area contributed by atoms with Gasteiger partial charge in [0.1, 0.15) is 0 Å². The van der Waals surface area contributed by atoms with Crippen LogP contribution in [0.25, 0.3) is 0 Å². The lowest BCUT2D eigenvalue weighted by Crippen LogP contribution is -2.35. The summed E-state index contributed by atoms with van der Waals surface area (Å²) in [6.07, 6.45) is 2.79. The Morgan fingerprint density at radius 1 is 0.808 bits per heavy atom. The second kappa shape index (κ2) is 7.77. The summed E-state index contributed by atoms with van der Waals surface area (Å²) in [5.41, 5.74) is 1.03. The highest BCUT2D eigenvalue weighted by Gasteiger charge is 2.25. The van der Waals surface area contributed by atoms with Gasteiger partial charge in [0.25, 0.3) is 0 Å². The number of rotatable bonds is 6. The zero-order valence-corrected chi connectivity index (χ0v) is 16.0. The van der Waals surface area contributed by atoms with Crippen LogP contribution in [0.3, 0.4) is 0 Å². The molecule has 0 atom stereocenters. The van der Waals surface area contributed by atoms with Crippen molar-refractivity contribution in [3.05, 3.63) is 60.2 Å². The number of sulfonamides is 2. The summed E-state index contributed by atoms with van der Waals surface area (Å²) in [7, 11) is -7.08. The molecule has 0 unspecified atom stereocenters. The second-order valence-electron chi connectivity index (χ2n) is 6.34. The molecule has 8 heteroatoms. The third kappa shape index (κ3) is 4.63. The molecule has 0 amide bonds. The molecule has 2 aromatic rings. The molecule has 1 heterocycles. The first kappa shape index (κ1) is 18.9. The number of anilines is 1. The average Bonchev–Trinajstić information content (AvgIpc) is 2.63. The lowest BCUT2D eigenvalue weighted by atomic mass is 10.2. The van der Waals surface area contributed by atoms with Crippen LogP contribution in [0.15, 0.2) is 59.5 Å². The van der Waals surface area contributed by atoms with E-state index in [0.717, 1.165) is 19.3 Å². The first-order valence-electron chi connectivity index (χ1n) is 8.51. The van der Waals surface area contributed by atoms with E-state index in [-0.39, 0.29) is 10.6 Å². The van der Waals surface area contributed by atoms with Gasteiger partial charge in [0, 0.05) is 18.8 Å². The lowest BCUT2D eigenvalue weighted by Gasteiger charge is -2.25. The molecule has 1 aliphatic heterocycles. The van der Waals surface area contributed by atoms with Crippen molar-refractivity contribution in [2.24, 2.45) is 0 Å². The van der Waals surface area contributed by atoms with E-state index in [0.29, 0.717) is 24.3 Å². The molecule has 0 aliphatic carbocycles. The summed E-state index contributed by atoms with van der Waals surface area (Å²) in [5.74, 6) is -0.137. The first-order chi connectivity index (χ1) is 12.4. The van der Waals surface area contributed by atoms with E-state index in [2.05, 4.69) is 4.72 Å². The van der Waals surface area contributed by atoms with Crippen LogP contribution in [-0.4, -0.2) is 34.2 Å². The van der Waals surface area contributed by atoms with Gasteiger partial charge in [0.2, 0.25) is 20.0 Å². The van der Waals surface area contributed by atoms with Crippen LogP contribution in [-0.2, 0) is 25.8 Å². The summed E-state index contributed by atoms with van der Waals surface area (Å²) >= 11 is 0. The molecule has 2 aromatic carbocycles. The summed E-state index contributed by atoms with van der Waals surface area (Å²) in [6, 6.07) is 14.7. The molecule has 1 aliphatic rings. The fraction of sp³-hybridized carbons (Fsp3) is 0.333. The molecular weight excluding hydrogens is 372 g/mol. The van der Waals surface area contributed by atoms with Gasteiger partial charge in [-0.15, -0.1) is 0 Å². The molecule has 26 heavy (non-hydrogen) atoms. The Labute approximate surface area is 155 Å². The van der Waals surface area contributed by atoms with Crippen molar-refractivity contribution in [1.29, 1.82) is 0 Å². The van der Waals surface area contributed by atoms with Gasteiger partial charge in [-0.3, -0.25) is 4.72 Å². The third-order valence-corrected chi connectivity index (χ3v) is 7.45. The van der Waals surface area contributed by atoms with Gasteiger partial charge in [-0.25, -0.2) is 16.8 Å². The van der Waals surface area contributed by atoms with E-state index in [4.69, 9.17) is 0 Å². The maximum absolute atomic E-state index is 12.6. The summed E-state index contributed by atoms with van der Waals surface area (Å²) in [4.78, 5) is 0.186. The van der Waals surface area contributed by atoms with Crippen LogP contribution in [0, 0.1) is 0 Å². The van der Waals surface area contributed by atoms with Gasteiger partial charge >= 0.3 is 0 Å². The predicted octanol–water partition coefficient (Wildman–Crippen LogP) is 2.80. The highest BCUT2D eigenvalue weighted by Crippen LogP contribution is 2.22. The fourth-order valence-corrected chi connectivity index (χ4v) is 5.67. The summed E-state index contributed by atoms with van der Waals surface area (Å²) in [6.45, 7) is 1.07. The number of benzene rings is 2. The van der Waals surface area contributed by atoms with Crippen molar-refractivity contribution < 1.29 is 16.8 Å². The normalized spacial score (nSPS) is 16.3. The molecular formula is C18H22N2O4S2. The molecule has 3 rings (SSSR count). The van der Waals surface area contributed by atoms with Crippen molar-refractivity contribution in [1.82, 2.24) is 4.31 Å². The molecule has 0 saturated carbocycles. The molecule has 1 saturated heterocycles. The van der Waals surface area contributed by atoms with Gasteiger partial charge in [0.15, 0.2) is 0 Å². The maximum Gasteiger partial charge on any atom is 0.243 e. The van der Waals surface area contributed by atoms with E-state index >= 15 is 0 Å². The van der Waals surface area contributed by atoms with Crippen LogP contribution in [0.5, 0.6) is 0 Å². The molecule has 0 radical (unpaired) electrons. The smallest absolute Gasteiger partial charge is 0.243 e. The minimum Gasteiger partial charge on any atom is -0.283 e. The molecule has 1 N–H and O–H groups in total. The van der Waals surface area contributed by atoms with Crippen LogP contribution in [0.4, 0.5) is 5.69 Å². The molecule has 0 spiro atoms. The quantitative estimate of drug-likeness (QED) is 0.817. The molecule has 6 nitrogen and oxygen atoms in total. The monoisotopic (exact) mass is 394 g/mol. The van der Waals surface area contributed by atoms with Crippen LogP contribution in [0.2, 0.25) is 0 Å². The average molecular weight is 395 g/mol. The van der Waals surface area contributed by atoms with Gasteiger partial charge in [-0.2, -0.15) is 4.31 Å². The highest BCUT2D eigenvalue weighted by molar-refractivity contribution is 7.92. The van der Waals surface area contributed by atoms with E-state index in [9.17, 15) is 16.8 Å². The zero-order valence-electron chi connectivity index (χ0n) is 14.3. The molecule has 1 fully saturated rings. The van der Waals surface area contributed by atoms with Crippen LogP contribution >= 0.6 is 0 Å². The van der Waals surface area contributed by atoms with Crippen LogP contribution < -0.4 is 4.72 Å². The van der Waals surface area contributed by atoms with Crippen molar-refractivity contribution in [3.63, 3.8) is 0 Å². The Bertz CT molecular complexity index is 934. The third-order valence-electron chi connectivity index (χ3n) is 4.28. The standard InChI is InChI=1S/C18H22N2O4S2/c21-25(22,15-16-7-3-1-4-8-16)19-17-9-11-18(12-10-17)26(23,24)20-13-5-2-6-14-20/h1,3-4,7-12,19H,2,5-6,13-15H2. The largest absolute Gasteiger partial charge is 0.283 e. The van der Waals surface area contributed by atoms with Gasteiger partial charge in [-0.1, -0.05) is 36.8 Å². The van der Waals surface area contributed by atoms with Gasteiger partial charge in [-0.05, 0) is 42.7 Å². The van der Waals surface area contributed by atoms with Crippen molar-refractivity contribution in [3.8, 4) is 0 Å². The summed E-state index contributed by atoms with van der Waals surface area (Å²) in [5, 5.41) is 0. The SMILES string of the molecule is O=S(=O)(Cc1ccccc1)Nc1ccc(S(=O)(=O)N2CCCCC2)cc1. The Morgan fingerprint density at radius 2 is 1.42 bits per heavy atom. The van der Waals surface area contributed by atoms with Gasteiger partial charge < -0.3 is 0 Å². The maximum atomic E-state index is 12.6. The highest BCUT2D eigenvalue weighted by atomic mass is 32.2. The van der Waals surface area contributed by atoms with E-state index in [1.165, 1.54) is 28.6 Å². The molecule has 140 valence electrons. The number of nitrogens with one attached hydrogen (secondary N) is 1. The Hall–Kier alpha value is -1.90. The lowest BCUT2D eigenvalue weighted by molar-refractivity contribution is 0.346. The van der Waals surface area contributed by atoms with Crippen molar-refractivity contribution in [2.75, 3.05) is 17.8 Å². The van der Waals surface area contributed by atoms with Gasteiger partial charge in [0.05, 0.1) is 10.6 Å². The van der Waals surface area contributed by atoms with Crippen molar-refractivity contribution >= 4 is 25.7 Å². The molecule has 0 bridgehead atoms. The number of nitrogens with zero attached hydrogens (tertiary/aromatic N) is 1. The van der Waals surface area contributed by atoms with Crippen LogP contribution in [0.1, 0.15) is 24.8 Å². The predicted molar refractivity (Wildman–Crippen MR) is 102 cm³/mol.